The number of H-pyrrole nitrogens is 1. The zero-order valence-electron chi connectivity index (χ0n) is 13.7. The molecule has 1 saturated heterocycles. The van der Waals surface area contributed by atoms with Gasteiger partial charge in [-0.15, -0.1) is 0 Å². The molecule has 6 nitrogen and oxygen atoms in total. The molecule has 1 unspecified atom stereocenters. The van der Waals surface area contributed by atoms with Gasteiger partial charge in [0, 0.05) is 30.4 Å². The van der Waals surface area contributed by atoms with Gasteiger partial charge in [-0.05, 0) is 13.0 Å². The van der Waals surface area contributed by atoms with Crippen molar-refractivity contribution in [2.75, 3.05) is 24.6 Å². The number of anilines is 1. The van der Waals surface area contributed by atoms with E-state index >= 15 is 0 Å². The van der Waals surface area contributed by atoms with Gasteiger partial charge in [0.25, 0.3) is 0 Å². The van der Waals surface area contributed by atoms with E-state index < -0.39 is 5.82 Å². The van der Waals surface area contributed by atoms with Gasteiger partial charge in [-0.25, -0.2) is 14.4 Å². The predicted molar refractivity (Wildman–Crippen MR) is 91.6 cm³/mol. The molecule has 1 N–H and O–H groups in total. The highest BCUT2D eigenvalue weighted by atomic mass is 19.1. The normalized spacial score (nSPS) is 17.6. The summed E-state index contributed by atoms with van der Waals surface area (Å²) < 4.78 is 20.3. The van der Waals surface area contributed by atoms with Crippen LogP contribution in [-0.2, 0) is 4.74 Å². The van der Waals surface area contributed by atoms with E-state index in [0.29, 0.717) is 36.5 Å². The zero-order valence-corrected chi connectivity index (χ0v) is 13.7. The van der Waals surface area contributed by atoms with Crippen molar-refractivity contribution in [2.45, 2.75) is 13.0 Å². The maximum absolute atomic E-state index is 14.7. The molecule has 1 atom stereocenters. The SMILES string of the molecule is CC1CN(c2ncnc3[nH]cc(-c4cccc(C#N)c4F)c23)CCO1. The first-order chi connectivity index (χ1) is 12.2. The van der Waals surface area contributed by atoms with E-state index in [1.807, 2.05) is 13.0 Å². The van der Waals surface area contributed by atoms with Gasteiger partial charge < -0.3 is 14.6 Å². The van der Waals surface area contributed by atoms with Crippen LogP contribution in [0.25, 0.3) is 22.2 Å². The highest BCUT2D eigenvalue weighted by Crippen LogP contribution is 2.35. The van der Waals surface area contributed by atoms with Crippen molar-refractivity contribution in [3.05, 3.63) is 42.1 Å². The lowest BCUT2D eigenvalue weighted by molar-refractivity contribution is 0.0530. The van der Waals surface area contributed by atoms with Gasteiger partial charge in [-0.1, -0.05) is 12.1 Å². The molecule has 1 aromatic carbocycles. The van der Waals surface area contributed by atoms with E-state index in [4.69, 9.17) is 10.00 Å². The molecule has 0 aliphatic carbocycles. The topological polar surface area (TPSA) is 77.8 Å². The summed E-state index contributed by atoms with van der Waals surface area (Å²) in [7, 11) is 0. The van der Waals surface area contributed by atoms with Crippen molar-refractivity contribution in [1.82, 2.24) is 15.0 Å². The van der Waals surface area contributed by atoms with Crippen molar-refractivity contribution < 1.29 is 9.13 Å². The van der Waals surface area contributed by atoms with Crippen LogP contribution in [-0.4, -0.2) is 40.8 Å². The minimum Gasteiger partial charge on any atom is -0.375 e. The number of benzene rings is 1. The van der Waals surface area contributed by atoms with Crippen LogP contribution in [0.3, 0.4) is 0 Å². The first kappa shape index (κ1) is 15.5. The Morgan fingerprint density at radius 3 is 3.04 bits per heavy atom. The zero-order chi connectivity index (χ0) is 17.4. The highest BCUT2D eigenvalue weighted by molar-refractivity contribution is 6.01. The van der Waals surface area contributed by atoms with Crippen LogP contribution in [0.1, 0.15) is 12.5 Å². The molecule has 126 valence electrons. The van der Waals surface area contributed by atoms with Gasteiger partial charge in [0.05, 0.1) is 23.7 Å². The smallest absolute Gasteiger partial charge is 0.148 e. The number of aromatic nitrogens is 3. The van der Waals surface area contributed by atoms with Crippen LogP contribution >= 0.6 is 0 Å². The fraction of sp³-hybridized carbons (Fsp3) is 0.278. The van der Waals surface area contributed by atoms with E-state index in [-0.39, 0.29) is 11.7 Å². The Labute approximate surface area is 143 Å². The Morgan fingerprint density at radius 2 is 2.24 bits per heavy atom. The summed E-state index contributed by atoms with van der Waals surface area (Å²) >= 11 is 0. The fourth-order valence-corrected chi connectivity index (χ4v) is 3.24. The molecule has 0 bridgehead atoms. The van der Waals surface area contributed by atoms with Crippen molar-refractivity contribution in [3.8, 4) is 17.2 Å². The number of halogens is 1. The minimum absolute atomic E-state index is 0.0187. The van der Waals surface area contributed by atoms with Crippen LogP contribution in [0.2, 0.25) is 0 Å². The summed E-state index contributed by atoms with van der Waals surface area (Å²) in [6, 6.07) is 6.69. The van der Waals surface area contributed by atoms with E-state index in [0.717, 1.165) is 11.2 Å². The van der Waals surface area contributed by atoms with Crippen molar-refractivity contribution in [1.29, 1.82) is 5.26 Å². The van der Waals surface area contributed by atoms with Gasteiger partial charge in [-0.3, -0.25) is 0 Å². The molecule has 0 spiro atoms. The first-order valence-electron chi connectivity index (χ1n) is 8.06. The molecule has 3 aromatic rings. The maximum Gasteiger partial charge on any atom is 0.148 e. The second-order valence-corrected chi connectivity index (χ2v) is 6.03. The number of hydrogen-bond acceptors (Lipinski definition) is 5. The molecule has 1 aliphatic rings. The van der Waals surface area contributed by atoms with Gasteiger partial charge in [-0.2, -0.15) is 5.26 Å². The van der Waals surface area contributed by atoms with E-state index in [2.05, 4.69) is 19.9 Å². The number of nitrogens with zero attached hydrogens (tertiary/aromatic N) is 4. The van der Waals surface area contributed by atoms with E-state index in [1.165, 1.54) is 12.4 Å². The summed E-state index contributed by atoms with van der Waals surface area (Å²) in [6.07, 6.45) is 3.31. The van der Waals surface area contributed by atoms with Crippen LogP contribution in [0, 0.1) is 17.1 Å². The number of rotatable bonds is 2. The minimum atomic E-state index is -0.531. The molecule has 7 heteroatoms. The van der Waals surface area contributed by atoms with Crippen LogP contribution in [0.5, 0.6) is 0 Å². The number of fused-ring (bicyclic) bond motifs is 1. The summed E-state index contributed by atoms with van der Waals surface area (Å²) in [5.41, 5.74) is 1.67. The Hall–Kier alpha value is -2.98. The Balaban J connectivity index is 1.91. The molecule has 0 saturated carbocycles. The quantitative estimate of drug-likeness (QED) is 0.778. The molecule has 2 aromatic heterocycles. The molecule has 4 rings (SSSR count). The van der Waals surface area contributed by atoms with Crippen LogP contribution in [0.4, 0.5) is 10.2 Å². The molecule has 25 heavy (non-hydrogen) atoms. The van der Waals surface area contributed by atoms with Gasteiger partial charge in [0.1, 0.15) is 29.7 Å². The van der Waals surface area contributed by atoms with Gasteiger partial charge in [0.15, 0.2) is 0 Å². The van der Waals surface area contributed by atoms with E-state index in [1.54, 1.807) is 18.3 Å². The number of aromatic amines is 1. The molecular weight excluding hydrogens is 321 g/mol. The third-order valence-corrected chi connectivity index (χ3v) is 4.40. The number of hydrogen-bond donors (Lipinski definition) is 1. The summed E-state index contributed by atoms with van der Waals surface area (Å²) in [4.78, 5) is 13.9. The average Bonchev–Trinajstić information content (AvgIpc) is 3.06. The summed E-state index contributed by atoms with van der Waals surface area (Å²) in [5, 5.41) is 9.85. The number of nitriles is 1. The summed E-state index contributed by atoms with van der Waals surface area (Å²) in [5.74, 6) is 0.217. The van der Waals surface area contributed by atoms with Crippen molar-refractivity contribution in [3.63, 3.8) is 0 Å². The predicted octanol–water partition coefficient (Wildman–Crippen LogP) is 2.86. The second kappa shape index (κ2) is 6.15. The Bertz CT molecular complexity index is 977. The molecule has 1 fully saturated rings. The Morgan fingerprint density at radius 1 is 1.36 bits per heavy atom. The van der Waals surface area contributed by atoms with Crippen molar-refractivity contribution in [2.24, 2.45) is 0 Å². The molecular formula is C18H16FN5O. The van der Waals surface area contributed by atoms with Crippen LogP contribution < -0.4 is 4.90 Å². The standard InChI is InChI=1S/C18H16FN5O/c1-11-9-24(5-6-25-11)18-15-14(8-21-17(15)22-10-23-18)13-4-2-3-12(7-20)16(13)19/h2-4,8,10-11H,5-6,9H2,1H3,(H,21,22,23). The molecule has 1 aliphatic heterocycles. The fourth-order valence-electron chi connectivity index (χ4n) is 3.24. The number of ether oxygens (including phenoxy) is 1. The molecule has 0 amide bonds. The molecule has 3 heterocycles. The number of morpholine rings is 1. The largest absolute Gasteiger partial charge is 0.375 e. The van der Waals surface area contributed by atoms with Crippen LogP contribution in [0.15, 0.2) is 30.7 Å². The number of nitrogens with one attached hydrogen (secondary N) is 1. The lowest BCUT2D eigenvalue weighted by Gasteiger charge is -2.32. The Kier molecular flexibility index (Phi) is 3.82. The second-order valence-electron chi connectivity index (χ2n) is 6.03. The van der Waals surface area contributed by atoms with Gasteiger partial charge >= 0.3 is 0 Å². The lowest BCUT2D eigenvalue weighted by atomic mass is 10.0. The highest BCUT2D eigenvalue weighted by Gasteiger charge is 2.23. The first-order valence-corrected chi connectivity index (χ1v) is 8.06. The lowest BCUT2D eigenvalue weighted by Crippen LogP contribution is -2.41. The summed E-state index contributed by atoms with van der Waals surface area (Å²) in [6.45, 7) is 4.04. The average molecular weight is 337 g/mol. The van der Waals surface area contributed by atoms with E-state index in [9.17, 15) is 4.39 Å². The third kappa shape index (κ3) is 2.61. The van der Waals surface area contributed by atoms with Gasteiger partial charge in [0.2, 0.25) is 0 Å². The van der Waals surface area contributed by atoms with Crippen molar-refractivity contribution >= 4 is 16.9 Å². The maximum atomic E-state index is 14.7. The monoisotopic (exact) mass is 337 g/mol. The third-order valence-electron chi connectivity index (χ3n) is 4.40. The molecule has 0 radical (unpaired) electrons.